The Balaban J connectivity index is 1.76. The zero-order valence-electron chi connectivity index (χ0n) is 19.6. The second kappa shape index (κ2) is 8.61. The highest BCUT2D eigenvalue weighted by molar-refractivity contribution is 5.93. The summed E-state index contributed by atoms with van der Waals surface area (Å²) in [6.07, 6.45) is 3.69. The number of hydrogen-bond acceptors (Lipinski definition) is 8. The number of furan rings is 1. The third kappa shape index (κ3) is 3.87. The monoisotopic (exact) mass is 460 g/mol. The number of carbonyl (C=O) groups excluding carboxylic acids is 4. The first-order chi connectivity index (χ1) is 15.6. The first-order valence-electron chi connectivity index (χ1n) is 11.7. The first-order valence-corrected chi connectivity index (χ1v) is 11.7. The van der Waals surface area contributed by atoms with Gasteiger partial charge >= 0.3 is 17.9 Å². The Kier molecular flexibility index (Phi) is 6.14. The molecule has 8 heteroatoms. The quantitative estimate of drug-likeness (QED) is 0.482. The topological polar surface area (TPSA) is 109 Å². The van der Waals surface area contributed by atoms with E-state index >= 15 is 0 Å². The van der Waals surface area contributed by atoms with E-state index in [1.807, 2.05) is 20.8 Å². The molecule has 1 aromatic rings. The molecule has 1 unspecified atom stereocenters. The van der Waals surface area contributed by atoms with Crippen LogP contribution in [0, 0.1) is 28.6 Å². The second-order valence-corrected chi connectivity index (χ2v) is 10.2. The van der Waals surface area contributed by atoms with Gasteiger partial charge in [0.15, 0.2) is 11.9 Å². The van der Waals surface area contributed by atoms with Gasteiger partial charge in [0, 0.05) is 24.8 Å². The molecule has 2 heterocycles. The lowest BCUT2D eigenvalue weighted by atomic mass is 9.43. The van der Waals surface area contributed by atoms with Crippen LogP contribution in [-0.2, 0) is 33.4 Å². The molecule has 180 valence electrons. The summed E-state index contributed by atoms with van der Waals surface area (Å²) in [5.41, 5.74) is -0.764. The van der Waals surface area contributed by atoms with E-state index in [4.69, 9.17) is 18.6 Å². The van der Waals surface area contributed by atoms with Gasteiger partial charge in [-0.25, -0.2) is 0 Å². The van der Waals surface area contributed by atoms with Crippen LogP contribution < -0.4 is 0 Å². The number of ether oxygens (including phenoxy) is 3. The molecule has 0 bridgehead atoms. The number of carbonyl (C=O) groups is 4. The Labute approximate surface area is 193 Å². The third-order valence-electron chi connectivity index (χ3n) is 8.06. The highest BCUT2D eigenvalue weighted by Crippen LogP contribution is 2.65. The van der Waals surface area contributed by atoms with Gasteiger partial charge in [0.1, 0.15) is 6.10 Å². The molecule has 2 aliphatic carbocycles. The molecule has 3 fully saturated rings. The van der Waals surface area contributed by atoms with Crippen LogP contribution in [0.1, 0.15) is 71.5 Å². The minimum atomic E-state index is -1.04. The fourth-order valence-electron chi connectivity index (χ4n) is 6.62. The van der Waals surface area contributed by atoms with Gasteiger partial charge < -0.3 is 18.6 Å². The van der Waals surface area contributed by atoms with E-state index < -0.39 is 46.8 Å². The molecule has 3 aliphatic rings. The van der Waals surface area contributed by atoms with E-state index in [0.29, 0.717) is 25.7 Å². The van der Waals surface area contributed by atoms with E-state index in [2.05, 4.69) is 0 Å². The van der Waals surface area contributed by atoms with Gasteiger partial charge in [-0.05, 0) is 42.6 Å². The van der Waals surface area contributed by atoms with Crippen molar-refractivity contribution in [1.82, 2.24) is 0 Å². The molecule has 0 radical (unpaired) electrons. The molecule has 0 amide bonds. The fourth-order valence-corrected chi connectivity index (χ4v) is 6.62. The summed E-state index contributed by atoms with van der Waals surface area (Å²) in [5.74, 6) is -3.27. The van der Waals surface area contributed by atoms with E-state index in [1.165, 1.54) is 13.2 Å². The van der Waals surface area contributed by atoms with Crippen LogP contribution in [-0.4, -0.2) is 36.4 Å². The zero-order valence-corrected chi connectivity index (χ0v) is 19.6. The Bertz CT molecular complexity index is 936. The molecule has 4 rings (SSSR count). The maximum atomic E-state index is 13.8. The SMILES string of the molecule is CCCOC(=O)[C@@H]1C[C@H](OC(C)=O)C(=O)C2[C@@]1(C)CC[C@H]1C(=O)O[C@H](c3ccoc3)C[C@]21C. The second-order valence-electron chi connectivity index (χ2n) is 10.2. The van der Waals surface area contributed by atoms with Crippen molar-refractivity contribution < 1.29 is 37.8 Å². The smallest absolute Gasteiger partial charge is 0.310 e. The van der Waals surface area contributed by atoms with Crippen LogP contribution in [0.4, 0.5) is 0 Å². The molecule has 33 heavy (non-hydrogen) atoms. The minimum Gasteiger partial charge on any atom is -0.472 e. The highest BCUT2D eigenvalue weighted by atomic mass is 16.6. The summed E-state index contributed by atoms with van der Waals surface area (Å²) in [5, 5.41) is 0. The average Bonchev–Trinajstić information content (AvgIpc) is 3.27. The van der Waals surface area contributed by atoms with Crippen molar-refractivity contribution >= 4 is 23.7 Å². The number of esters is 3. The molecule has 7 atom stereocenters. The van der Waals surface area contributed by atoms with Crippen molar-refractivity contribution in [3.8, 4) is 0 Å². The predicted octanol–water partition coefficient (Wildman–Crippen LogP) is 3.78. The van der Waals surface area contributed by atoms with Crippen molar-refractivity contribution in [3.63, 3.8) is 0 Å². The van der Waals surface area contributed by atoms with Crippen molar-refractivity contribution in [2.45, 2.75) is 72.0 Å². The van der Waals surface area contributed by atoms with Crippen LogP contribution in [0.15, 0.2) is 23.0 Å². The van der Waals surface area contributed by atoms with Crippen LogP contribution in [0.25, 0.3) is 0 Å². The summed E-state index contributed by atoms with van der Waals surface area (Å²) in [6.45, 7) is 7.35. The van der Waals surface area contributed by atoms with Crippen LogP contribution in [0.5, 0.6) is 0 Å². The van der Waals surface area contributed by atoms with Crippen molar-refractivity contribution in [2.75, 3.05) is 6.61 Å². The Morgan fingerprint density at radius 2 is 1.97 bits per heavy atom. The van der Waals surface area contributed by atoms with E-state index in [0.717, 1.165) is 5.56 Å². The lowest BCUT2D eigenvalue weighted by Crippen LogP contribution is -2.64. The Morgan fingerprint density at radius 3 is 2.61 bits per heavy atom. The molecule has 2 saturated carbocycles. The number of ketones is 1. The molecule has 1 saturated heterocycles. The normalized spacial score (nSPS) is 38.0. The van der Waals surface area contributed by atoms with Gasteiger partial charge in [-0.3, -0.25) is 19.2 Å². The van der Waals surface area contributed by atoms with Crippen molar-refractivity contribution in [3.05, 3.63) is 24.2 Å². The van der Waals surface area contributed by atoms with E-state index in [-0.39, 0.29) is 30.7 Å². The lowest BCUT2D eigenvalue weighted by Gasteiger charge is -2.61. The number of rotatable bonds is 5. The lowest BCUT2D eigenvalue weighted by molar-refractivity contribution is -0.210. The van der Waals surface area contributed by atoms with Gasteiger partial charge in [-0.1, -0.05) is 20.8 Å². The summed E-state index contributed by atoms with van der Waals surface area (Å²) in [4.78, 5) is 51.9. The Morgan fingerprint density at radius 1 is 1.21 bits per heavy atom. The molecular weight excluding hydrogens is 428 g/mol. The molecule has 1 aromatic heterocycles. The van der Waals surface area contributed by atoms with Gasteiger partial charge in [-0.15, -0.1) is 0 Å². The summed E-state index contributed by atoms with van der Waals surface area (Å²) >= 11 is 0. The maximum absolute atomic E-state index is 13.8. The number of fused-ring (bicyclic) bond motifs is 3. The van der Waals surface area contributed by atoms with E-state index in [9.17, 15) is 19.2 Å². The minimum absolute atomic E-state index is 0.102. The maximum Gasteiger partial charge on any atom is 0.310 e. The first kappa shape index (κ1) is 23.5. The molecule has 8 nitrogen and oxygen atoms in total. The molecule has 0 aromatic carbocycles. The van der Waals surface area contributed by atoms with Gasteiger partial charge in [-0.2, -0.15) is 0 Å². The number of cyclic esters (lactones) is 1. The number of Topliss-reactive ketones (excluding diaryl/α,β-unsaturated/α-hetero) is 1. The number of hydrogen-bond donors (Lipinski definition) is 0. The predicted molar refractivity (Wildman–Crippen MR) is 115 cm³/mol. The van der Waals surface area contributed by atoms with E-state index in [1.54, 1.807) is 12.3 Å². The van der Waals surface area contributed by atoms with Gasteiger partial charge in [0.25, 0.3) is 0 Å². The van der Waals surface area contributed by atoms with Gasteiger partial charge in [0.2, 0.25) is 0 Å². The molecular formula is C25H32O8. The molecule has 0 spiro atoms. The zero-order chi connectivity index (χ0) is 24.0. The van der Waals surface area contributed by atoms with Crippen LogP contribution in [0.3, 0.4) is 0 Å². The van der Waals surface area contributed by atoms with Crippen molar-refractivity contribution in [1.29, 1.82) is 0 Å². The Hall–Kier alpha value is -2.64. The standard InChI is InChI=1S/C25H32O8/c1-5-9-31-22(28)17-11-18(32-14(2)26)20(27)21-24(17,3)8-6-16-23(29)33-19(12-25(16,21)4)15-7-10-30-13-15/h7,10,13,16-19,21H,5-6,8-9,11-12H2,1-4H3/t16-,17-,18-,19-,21?,24-,25-/m0/s1. The largest absolute Gasteiger partial charge is 0.472 e. The molecule has 1 aliphatic heterocycles. The van der Waals surface area contributed by atoms with Crippen molar-refractivity contribution in [2.24, 2.45) is 28.6 Å². The summed E-state index contributed by atoms with van der Waals surface area (Å²) in [7, 11) is 0. The fraction of sp³-hybridized carbons (Fsp3) is 0.680. The summed E-state index contributed by atoms with van der Waals surface area (Å²) < 4.78 is 21.8. The van der Waals surface area contributed by atoms with Crippen LogP contribution >= 0.6 is 0 Å². The molecule has 0 N–H and O–H groups in total. The highest BCUT2D eigenvalue weighted by Gasteiger charge is 2.67. The van der Waals surface area contributed by atoms with Crippen LogP contribution in [0.2, 0.25) is 0 Å². The summed E-state index contributed by atoms with van der Waals surface area (Å²) in [6, 6.07) is 1.75. The van der Waals surface area contributed by atoms with Gasteiger partial charge in [0.05, 0.1) is 31.0 Å². The third-order valence-corrected chi connectivity index (χ3v) is 8.06. The average molecular weight is 461 g/mol.